The molecular weight excluding hydrogens is 354 g/mol. The number of aliphatic hydroxyl groups is 3. The van der Waals surface area contributed by atoms with Gasteiger partial charge in [-0.3, -0.25) is 14.4 Å². The van der Waals surface area contributed by atoms with E-state index < -0.39 is 52.0 Å². The Morgan fingerprint density at radius 3 is 2.48 bits per heavy atom. The minimum atomic E-state index is -2.59. The lowest BCUT2D eigenvalue weighted by molar-refractivity contribution is -0.160. The van der Waals surface area contributed by atoms with Crippen LogP contribution in [0.15, 0.2) is 35.2 Å². The van der Waals surface area contributed by atoms with Crippen LogP contribution in [-0.2, 0) is 20.8 Å². The zero-order valence-corrected chi connectivity index (χ0v) is 14.1. The minimum Gasteiger partial charge on any atom is -0.507 e. The number of hydrogen-bond acceptors (Lipinski definition) is 8. The third-order valence-electron chi connectivity index (χ3n) is 5.79. The van der Waals surface area contributed by atoms with Crippen LogP contribution < -0.4 is 5.73 Å². The number of carbonyl (C=O) groups is 3. The molecule has 0 bridgehead atoms. The Morgan fingerprint density at radius 2 is 1.81 bits per heavy atom. The molecule has 27 heavy (non-hydrogen) atoms. The summed E-state index contributed by atoms with van der Waals surface area (Å²) in [5, 5.41) is 41.2. The number of aliphatic hydroxyl groups excluding tert-OH is 2. The monoisotopic (exact) mass is 371 g/mol. The zero-order chi connectivity index (χ0) is 19.7. The highest BCUT2D eigenvalue weighted by Gasteiger charge is 2.62. The van der Waals surface area contributed by atoms with Gasteiger partial charge in [-0.1, -0.05) is 12.1 Å². The first-order valence-corrected chi connectivity index (χ1v) is 8.46. The maximum absolute atomic E-state index is 13.1. The highest BCUT2D eigenvalue weighted by molar-refractivity contribution is 6.34. The number of rotatable bonds is 0. The quantitative estimate of drug-likeness (QED) is 0.190. The van der Waals surface area contributed by atoms with Crippen molar-refractivity contribution < 1.29 is 34.8 Å². The van der Waals surface area contributed by atoms with E-state index in [4.69, 9.17) is 5.73 Å². The van der Waals surface area contributed by atoms with Crippen molar-refractivity contribution >= 4 is 23.1 Å². The van der Waals surface area contributed by atoms with E-state index in [0.29, 0.717) is 12.0 Å². The van der Waals surface area contributed by atoms with Crippen LogP contribution in [0.3, 0.4) is 0 Å². The van der Waals surface area contributed by atoms with Crippen LogP contribution in [0.2, 0.25) is 0 Å². The molecule has 8 nitrogen and oxygen atoms in total. The van der Waals surface area contributed by atoms with Crippen molar-refractivity contribution in [1.29, 1.82) is 0 Å². The Hall–Kier alpha value is -3.13. The van der Waals surface area contributed by atoms with Gasteiger partial charge in [-0.25, -0.2) is 0 Å². The van der Waals surface area contributed by atoms with Gasteiger partial charge in [-0.2, -0.15) is 0 Å². The van der Waals surface area contributed by atoms with Crippen LogP contribution in [-0.4, -0.2) is 43.4 Å². The Balaban J connectivity index is 1.90. The van der Waals surface area contributed by atoms with Crippen molar-refractivity contribution in [3.05, 3.63) is 46.4 Å². The SMILES string of the molecule is N/C(O)=C1\C(=O)C[C@@H]2CC3Cc4cccc(O)c4C(O)=C3C(=O)[C@]2(O)C1=O. The van der Waals surface area contributed by atoms with E-state index in [1.807, 2.05) is 0 Å². The molecule has 0 spiro atoms. The highest BCUT2D eigenvalue weighted by atomic mass is 16.3. The smallest absolute Gasteiger partial charge is 0.211 e. The van der Waals surface area contributed by atoms with Crippen LogP contribution in [0.5, 0.6) is 5.75 Å². The van der Waals surface area contributed by atoms with Crippen LogP contribution in [0, 0.1) is 11.8 Å². The number of hydrogen-bond donors (Lipinski definition) is 5. The molecular formula is C19H17NO7. The van der Waals surface area contributed by atoms with Crippen molar-refractivity contribution in [2.24, 2.45) is 17.6 Å². The summed E-state index contributed by atoms with van der Waals surface area (Å²) >= 11 is 0. The molecule has 6 N–H and O–H groups in total. The second-order valence-electron chi connectivity index (χ2n) is 7.22. The Bertz CT molecular complexity index is 986. The lowest BCUT2D eigenvalue weighted by Crippen LogP contribution is -2.62. The number of benzene rings is 1. The number of ketones is 3. The first-order valence-electron chi connectivity index (χ1n) is 8.46. The summed E-state index contributed by atoms with van der Waals surface area (Å²) in [6.45, 7) is 0. The number of phenolic OH excluding ortho intramolecular Hbond substituents is 1. The van der Waals surface area contributed by atoms with E-state index in [-0.39, 0.29) is 29.7 Å². The van der Waals surface area contributed by atoms with E-state index in [0.717, 1.165) is 0 Å². The van der Waals surface area contributed by atoms with Crippen molar-refractivity contribution in [2.45, 2.75) is 24.9 Å². The molecule has 1 aromatic rings. The van der Waals surface area contributed by atoms with Gasteiger partial charge in [0.25, 0.3) is 0 Å². The third kappa shape index (κ3) is 2.10. The van der Waals surface area contributed by atoms with Gasteiger partial charge in [-0.05, 0) is 30.4 Å². The van der Waals surface area contributed by atoms with E-state index in [1.54, 1.807) is 12.1 Å². The first kappa shape index (κ1) is 17.3. The van der Waals surface area contributed by atoms with Crippen molar-refractivity contribution in [3.63, 3.8) is 0 Å². The van der Waals surface area contributed by atoms with E-state index >= 15 is 0 Å². The Kier molecular flexibility index (Phi) is 3.48. The summed E-state index contributed by atoms with van der Waals surface area (Å²) in [7, 11) is 0. The van der Waals surface area contributed by atoms with Gasteiger partial charge < -0.3 is 26.2 Å². The molecule has 8 heteroatoms. The second kappa shape index (κ2) is 5.43. The summed E-state index contributed by atoms with van der Waals surface area (Å²) in [5.74, 6) is -6.23. The van der Waals surface area contributed by atoms with E-state index in [9.17, 15) is 34.8 Å². The zero-order valence-electron chi connectivity index (χ0n) is 14.1. The molecule has 0 aliphatic heterocycles. The third-order valence-corrected chi connectivity index (χ3v) is 5.79. The average molecular weight is 371 g/mol. The van der Waals surface area contributed by atoms with Crippen molar-refractivity contribution in [3.8, 4) is 5.75 Å². The molecule has 0 saturated heterocycles. The largest absolute Gasteiger partial charge is 0.507 e. The van der Waals surface area contributed by atoms with E-state index in [2.05, 4.69) is 0 Å². The molecule has 2 saturated carbocycles. The molecule has 1 unspecified atom stereocenters. The maximum Gasteiger partial charge on any atom is 0.211 e. The van der Waals surface area contributed by atoms with Crippen molar-refractivity contribution in [2.75, 3.05) is 0 Å². The van der Waals surface area contributed by atoms with Gasteiger partial charge in [0.1, 0.15) is 17.1 Å². The summed E-state index contributed by atoms with van der Waals surface area (Å²) in [4.78, 5) is 38.0. The predicted octanol–water partition coefficient (Wildman–Crippen LogP) is 0.424. The standard InChI is InChI=1S/C19H17NO7/c20-18(26)14-11(22)6-9-5-8-4-7-2-1-3-10(21)12(7)15(23)13(8)16(24)19(9,27)17(14)25/h1-3,8-9,21,23,26-27H,4-6,20H2/b18-14-/t8?,9-,19-/m0/s1. The lowest BCUT2D eigenvalue weighted by Gasteiger charge is -2.45. The van der Waals surface area contributed by atoms with Crippen LogP contribution in [0.25, 0.3) is 5.76 Å². The number of carbonyl (C=O) groups excluding carboxylic acids is 3. The molecule has 4 rings (SSSR count). The maximum atomic E-state index is 13.1. The molecule has 0 aromatic heterocycles. The number of nitrogens with two attached hydrogens (primary N) is 1. The molecule has 3 aliphatic carbocycles. The van der Waals surface area contributed by atoms with Crippen LogP contribution in [0.1, 0.15) is 24.0 Å². The van der Waals surface area contributed by atoms with Crippen LogP contribution >= 0.6 is 0 Å². The minimum absolute atomic E-state index is 0.0934. The molecule has 0 radical (unpaired) electrons. The van der Waals surface area contributed by atoms with Gasteiger partial charge >= 0.3 is 0 Å². The Labute approximate surface area is 153 Å². The number of phenols is 1. The average Bonchev–Trinajstić information content (AvgIpc) is 2.57. The lowest BCUT2D eigenvalue weighted by atomic mass is 9.58. The van der Waals surface area contributed by atoms with Gasteiger partial charge in [0.2, 0.25) is 11.6 Å². The molecule has 1 aromatic carbocycles. The van der Waals surface area contributed by atoms with Gasteiger partial charge in [-0.15, -0.1) is 0 Å². The number of Topliss-reactive ketones (excluding diaryl/α,β-unsaturated/α-hetero) is 3. The van der Waals surface area contributed by atoms with E-state index in [1.165, 1.54) is 6.07 Å². The van der Waals surface area contributed by atoms with Crippen molar-refractivity contribution in [1.82, 2.24) is 0 Å². The van der Waals surface area contributed by atoms with Crippen LogP contribution in [0.4, 0.5) is 0 Å². The molecule has 0 amide bonds. The predicted molar refractivity (Wildman–Crippen MR) is 91.4 cm³/mol. The Morgan fingerprint density at radius 1 is 1.11 bits per heavy atom. The molecule has 3 aliphatic rings. The fourth-order valence-electron chi connectivity index (χ4n) is 4.55. The fourth-order valence-corrected chi connectivity index (χ4v) is 4.55. The van der Waals surface area contributed by atoms with Gasteiger partial charge in [0, 0.05) is 17.9 Å². The summed E-state index contributed by atoms with van der Waals surface area (Å²) < 4.78 is 0. The first-order chi connectivity index (χ1) is 12.7. The second-order valence-corrected chi connectivity index (χ2v) is 7.22. The summed E-state index contributed by atoms with van der Waals surface area (Å²) in [5.41, 5.74) is 2.39. The number of fused-ring (bicyclic) bond motifs is 3. The topological polar surface area (TPSA) is 158 Å². The van der Waals surface area contributed by atoms with Gasteiger partial charge in [0.15, 0.2) is 17.3 Å². The fraction of sp³-hybridized carbons (Fsp3) is 0.316. The molecule has 140 valence electrons. The molecule has 0 heterocycles. The highest BCUT2D eigenvalue weighted by Crippen LogP contribution is 2.50. The molecule has 3 atom stereocenters. The number of aromatic hydroxyl groups is 1. The summed E-state index contributed by atoms with van der Waals surface area (Å²) in [6.07, 6.45) is 0.115. The summed E-state index contributed by atoms with van der Waals surface area (Å²) in [6, 6.07) is 4.68. The molecule has 2 fully saturated rings. The van der Waals surface area contributed by atoms with Gasteiger partial charge in [0.05, 0.1) is 5.56 Å². The normalized spacial score (nSPS) is 32.0.